The van der Waals surface area contributed by atoms with Crippen molar-refractivity contribution in [2.75, 3.05) is 26.2 Å². The van der Waals surface area contributed by atoms with Crippen molar-refractivity contribution in [3.05, 3.63) is 153 Å². The van der Waals surface area contributed by atoms with Gasteiger partial charge in [0, 0.05) is 86.8 Å². The van der Waals surface area contributed by atoms with Crippen LogP contribution < -0.4 is 10.7 Å². The fourth-order valence-electron chi connectivity index (χ4n) is 10.5. The summed E-state index contributed by atoms with van der Waals surface area (Å²) in [6.45, 7) is 1.33. The quantitative estimate of drug-likeness (QED) is 0.175. The third kappa shape index (κ3) is 7.54. The highest BCUT2D eigenvalue weighted by Crippen LogP contribution is 2.50. The van der Waals surface area contributed by atoms with Gasteiger partial charge in [-0.2, -0.15) is 8.61 Å². The highest BCUT2D eigenvalue weighted by atomic mass is 35.5. The Morgan fingerprint density at radius 1 is 0.697 bits per heavy atom. The predicted molar refractivity (Wildman–Crippen MR) is 249 cm³/mol. The number of fused-ring (bicyclic) bond motifs is 4. The molecule has 19 heteroatoms. The van der Waals surface area contributed by atoms with Crippen molar-refractivity contribution in [1.82, 2.24) is 43.5 Å². The Balaban J connectivity index is 0.929. The molecule has 0 saturated carbocycles. The van der Waals surface area contributed by atoms with Crippen LogP contribution in [0.15, 0.2) is 120 Å². The molecule has 0 radical (unpaired) electrons. The summed E-state index contributed by atoms with van der Waals surface area (Å²) in [6.07, 6.45) is 8.21. The third-order valence-electron chi connectivity index (χ3n) is 14.0. The van der Waals surface area contributed by atoms with Crippen LogP contribution in [0.5, 0.6) is 0 Å². The number of nitrogens with one attached hydrogen (secondary N) is 2. The lowest BCUT2D eigenvalue weighted by Gasteiger charge is -2.44. The number of amides is 2. The number of hydrogen-bond acceptors (Lipinski definition) is 9. The van der Waals surface area contributed by atoms with Crippen molar-refractivity contribution in [2.45, 2.75) is 65.7 Å². The number of imidazole rings is 2. The molecule has 15 nitrogen and oxygen atoms in total. The molecule has 1 unspecified atom stereocenters. The van der Waals surface area contributed by atoms with Crippen LogP contribution in [0.25, 0.3) is 11.1 Å². The van der Waals surface area contributed by atoms with Crippen LogP contribution in [0.2, 0.25) is 10.0 Å². The van der Waals surface area contributed by atoms with Gasteiger partial charge in [-0.25, -0.2) is 31.8 Å². The van der Waals surface area contributed by atoms with Crippen LogP contribution >= 0.6 is 23.2 Å². The van der Waals surface area contributed by atoms with E-state index in [0.717, 1.165) is 27.8 Å². The molecule has 3 aliphatic heterocycles. The molecule has 4 aromatic carbocycles. The van der Waals surface area contributed by atoms with Crippen LogP contribution in [0.3, 0.4) is 0 Å². The number of nitrogens with zero attached hydrogens (tertiary/aromatic N) is 7. The monoisotopic (exact) mass is 967 g/mol. The second kappa shape index (κ2) is 16.7. The largest absolute Gasteiger partial charge is 0.348 e. The zero-order valence-electron chi connectivity index (χ0n) is 36.2. The van der Waals surface area contributed by atoms with E-state index in [1.54, 1.807) is 59.6 Å². The lowest BCUT2D eigenvalue weighted by Crippen LogP contribution is -2.56. The molecule has 4 aliphatic rings. The molecule has 2 spiro atoms. The Kier molecular flexibility index (Phi) is 11.3. The molecule has 2 N–H and O–H groups in total. The number of carbonyl (C=O) groups is 2. The first-order chi connectivity index (χ1) is 31.6. The minimum Gasteiger partial charge on any atom is -0.348 e. The van der Waals surface area contributed by atoms with E-state index in [4.69, 9.17) is 23.2 Å². The van der Waals surface area contributed by atoms with Crippen LogP contribution in [-0.4, -0.2) is 93.6 Å². The van der Waals surface area contributed by atoms with E-state index in [9.17, 15) is 26.4 Å². The smallest absolute Gasteiger partial charge is 0.267 e. The maximum Gasteiger partial charge on any atom is 0.267 e. The molecule has 66 heavy (non-hydrogen) atoms. The molecular weight excluding hydrogens is 922 g/mol. The number of piperidine rings is 2. The fourth-order valence-corrected chi connectivity index (χ4v) is 13.8. The Bertz CT molecular complexity index is 3120. The number of sulfonamides is 2. The first-order valence-electron chi connectivity index (χ1n) is 21.7. The molecule has 10 rings (SSSR count). The van der Waals surface area contributed by atoms with Gasteiger partial charge < -0.3 is 14.5 Å². The zero-order valence-corrected chi connectivity index (χ0v) is 39.3. The van der Waals surface area contributed by atoms with E-state index in [0.29, 0.717) is 54.8 Å². The molecule has 2 amide bonds. The van der Waals surface area contributed by atoms with Gasteiger partial charge in [-0.3, -0.25) is 15.0 Å². The lowest BCUT2D eigenvalue weighted by molar-refractivity contribution is 0.00621. The molecule has 1 aliphatic carbocycles. The molecular formula is C47H47Cl2N9O6S2. The predicted octanol–water partition coefficient (Wildman–Crippen LogP) is 6.05. The summed E-state index contributed by atoms with van der Waals surface area (Å²) in [4.78, 5) is 36.5. The summed E-state index contributed by atoms with van der Waals surface area (Å²) in [6, 6.07) is 25.8. The summed E-state index contributed by atoms with van der Waals surface area (Å²) in [5.74, 6) is -0.654. The average molecular weight is 969 g/mol. The van der Waals surface area contributed by atoms with Gasteiger partial charge in [0.25, 0.3) is 31.9 Å². The highest BCUT2D eigenvalue weighted by Gasteiger charge is 2.52. The maximum absolute atomic E-state index is 14.5. The second-order valence-corrected chi connectivity index (χ2v) is 22.3. The van der Waals surface area contributed by atoms with E-state index in [2.05, 4.69) is 32.8 Å². The Labute approximate surface area is 393 Å². The number of halogens is 2. The van der Waals surface area contributed by atoms with Crippen LogP contribution in [0.1, 0.15) is 68.7 Å². The van der Waals surface area contributed by atoms with Crippen molar-refractivity contribution in [2.24, 2.45) is 14.1 Å². The number of hydrogen-bond donors (Lipinski definition) is 2. The van der Waals surface area contributed by atoms with Crippen LogP contribution in [-0.2, 0) is 58.1 Å². The van der Waals surface area contributed by atoms with Crippen molar-refractivity contribution in [3.8, 4) is 11.1 Å². The minimum atomic E-state index is -3.86. The average Bonchev–Trinajstić information content (AvgIpc) is 4.09. The van der Waals surface area contributed by atoms with Gasteiger partial charge >= 0.3 is 0 Å². The topological polar surface area (TPSA) is 172 Å². The molecule has 5 heterocycles. The lowest BCUT2D eigenvalue weighted by atomic mass is 9.71. The van der Waals surface area contributed by atoms with E-state index in [-0.39, 0.29) is 58.8 Å². The summed E-state index contributed by atoms with van der Waals surface area (Å²) in [5.41, 5.74) is 8.17. The third-order valence-corrected chi connectivity index (χ3v) is 18.3. The first kappa shape index (κ1) is 44.4. The molecule has 0 bridgehead atoms. The SMILES string of the molecule is Cn1cnc(S(=O)(=O)N2CCC3(CC2)c2cc(-c4cccc(C(=O)NN5Cc6ccccc6C56CCN(S(=O)(=O)c5cn(C)cn5)CC6)c4Cl)ccc2CC3NC(=O)c2ccc(Cl)cc2)c1. The van der Waals surface area contributed by atoms with Crippen LogP contribution in [0, 0.1) is 0 Å². The van der Waals surface area contributed by atoms with E-state index < -0.39 is 36.9 Å². The number of carbonyl (C=O) groups excluding carboxylic acids is 2. The Morgan fingerprint density at radius 3 is 1.94 bits per heavy atom. The normalized spacial score (nSPS) is 19.5. The first-order valence-corrected chi connectivity index (χ1v) is 25.3. The van der Waals surface area contributed by atoms with Gasteiger partial charge in [0.15, 0.2) is 10.1 Å². The van der Waals surface area contributed by atoms with Crippen molar-refractivity contribution < 1.29 is 26.4 Å². The summed E-state index contributed by atoms with van der Waals surface area (Å²) >= 11 is 13.4. The van der Waals surface area contributed by atoms with E-state index in [1.165, 1.54) is 33.7 Å². The van der Waals surface area contributed by atoms with Gasteiger partial charge in [0.1, 0.15) is 0 Å². The maximum atomic E-state index is 14.5. The van der Waals surface area contributed by atoms with Gasteiger partial charge in [0.05, 0.1) is 28.8 Å². The van der Waals surface area contributed by atoms with E-state index in [1.807, 2.05) is 41.4 Å². The summed E-state index contributed by atoms with van der Waals surface area (Å²) in [5, 5.41) is 6.01. The van der Waals surface area contributed by atoms with Crippen LogP contribution in [0.4, 0.5) is 0 Å². The second-order valence-electron chi connectivity index (χ2n) is 17.7. The molecule has 6 aromatic rings. The molecule has 2 saturated heterocycles. The summed E-state index contributed by atoms with van der Waals surface area (Å²) < 4.78 is 60.7. The van der Waals surface area contributed by atoms with Crippen molar-refractivity contribution >= 4 is 55.1 Å². The number of rotatable bonds is 9. The minimum absolute atomic E-state index is 0.00387. The molecule has 342 valence electrons. The number of hydrazine groups is 1. The van der Waals surface area contributed by atoms with Crippen molar-refractivity contribution in [3.63, 3.8) is 0 Å². The zero-order chi connectivity index (χ0) is 46.2. The molecule has 2 aromatic heterocycles. The van der Waals surface area contributed by atoms with Gasteiger partial charge in [-0.05, 0) is 90.3 Å². The fraction of sp³-hybridized carbons (Fsp3) is 0.319. The number of aryl methyl sites for hydroxylation is 2. The van der Waals surface area contributed by atoms with Gasteiger partial charge in [-0.15, -0.1) is 0 Å². The van der Waals surface area contributed by atoms with Crippen molar-refractivity contribution in [1.29, 1.82) is 0 Å². The summed E-state index contributed by atoms with van der Waals surface area (Å²) in [7, 11) is -4.22. The number of benzene rings is 4. The van der Waals surface area contributed by atoms with Gasteiger partial charge in [0.2, 0.25) is 0 Å². The van der Waals surface area contributed by atoms with E-state index >= 15 is 0 Å². The highest BCUT2D eigenvalue weighted by molar-refractivity contribution is 7.89. The molecule has 2 fully saturated rings. The van der Waals surface area contributed by atoms with Gasteiger partial charge in [-0.1, -0.05) is 77.8 Å². The molecule has 1 atom stereocenters. The Hall–Kier alpha value is -5.40. The number of aromatic nitrogens is 4. The standard InChI is InChI=1S/C47H47Cl2N9O6S2/c1-54-27-41(50-29-54)65(61,62)56-20-16-46(17-21-56)39-24-32(10-11-33(39)25-40(46)52-44(59)31-12-14-35(48)15-13-31)36-7-5-8-37(43(36)49)45(60)53-58-26-34-6-3-4-9-38(34)47(58)18-22-57(23-19-47)66(63,64)42-28-55(2)30-51-42/h3-15,24,27-30,40H,16-23,25-26H2,1-2H3,(H,52,59)(H,53,60). The Morgan fingerprint density at radius 2 is 1.32 bits per heavy atom.